The summed E-state index contributed by atoms with van der Waals surface area (Å²) >= 11 is 0. The molecular weight excluding hydrogens is 294 g/mol. The number of carboxylic acid groups (broad SMARTS) is 1. The number of aryl methyl sites for hydroxylation is 1. The van der Waals surface area contributed by atoms with Crippen LogP contribution in [0.4, 0.5) is 0 Å². The summed E-state index contributed by atoms with van der Waals surface area (Å²) in [7, 11) is 0. The molecule has 0 unspecified atom stereocenters. The number of fused-ring (bicyclic) bond motifs is 1. The Balaban J connectivity index is 2.43. The van der Waals surface area contributed by atoms with Crippen LogP contribution >= 0.6 is 0 Å². The van der Waals surface area contributed by atoms with Crippen LogP contribution in [0.3, 0.4) is 0 Å². The molecule has 2 aromatic rings. The van der Waals surface area contributed by atoms with Crippen LogP contribution < -0.4 is 11.3 Å². The monoisotopic (exact) mass is 311 g/mol. The van der Waals surface area contributed by atoms with Crippen LogP contribution in [0.2, 0.25) is 0 Å². The number of hydrogen-bond donors (Lipinski definition) is 3. The number of carboxylic acids is 1. The van der Waals surface area contributed by atoms with Gasteiger partial charge in [-0.15, -0.1) is 0 Å². The van der Waals surface area contributed by atoms with Crippen molar-refractivity contribution in [3.8, 4) is 0 Å². The van der Waals surface area contributed by atoms with E-state index in [1.165, 1.54) is 22.9 Å². The molecule has 0 amide bonds. The van der Waals surface area contributed by atoms with Gasteiger partial charge in [0.05, 0.1) is 5.52 Å². The molecule has 0 spiro atoms. The van der Waals surface area contributed by atoms with Crippen molar-refractivity contribution in [1.82, 2.24) is 4.40 Å². The van der Waals surface area contributed by atoms with Crippen LogP contribution in [0, 0.1) is 12.3 Å². The second-order valence-electron chi connectivity index (χ2n) is 5.74. The van der Waals surface area contributed by atoms with Crippen molar-refractivity contribution < 1.29 is 9.90 Å². The molecule has 0 radical (unpaired) electrons. The van der Waals surface area contributed by atoms with Crippen LogP contribution in [0.1, 0.15) is 45.8 Å². The molecule has 2 heterocycles. The number of aromatic carboxylic acids is 1. The Morgan fingerprint density at radius 3 is 2.65 bits per heavy atom. The molecule has 3 rings (SSSR count). The van der Waals surface area contributed by atoms with Gasteiger partial charge in [0.15, 0.2) is 0 Å². The van der Waals surface area contributed by atoms with E-state index in [0.29, 0.717) is 5.57 Å². The number of nitrogens with one attached hydrogen (secondary N) is 1. The van der Waals surface area contributed by atoms with Crippen molar-refractivity contribution in [3.05, 3.63) is 57.1 Å². The number of nitrogens with two attached hydrogens (primary N) is 1. The van der Waals surface area contributed by atoms with Crippen LogP contribution in [-0.4, -0.2) is 21.7 Å². The average Bonchev–Trinajstić information content (AvgIpc) is 3.35. The lowest BCUT2D eigenvalue weighted by molar-refractivity contribution is 0.0694. The van der Waals surface area contributed by atoms with Gasteiger partial charge in [-0.1, -0.05) is 0 Å². The number of carbonyl (C=O) groups is 1. The minimum absolute atomic E-state index is 0.210. The van der Waals surface area contributed by atoms with Crippen molar-refractivity contribution >= 4 is 23.3 Å². The largest absolute Gasteiger partial charge is 0.477 e. The maximum absolute atomic E-state index is 12.4. The lowest BCUT2D eigenvalue weighted by Gasteiger charge is -2.15. The van der Waals surface area contributed by atoms with Crippen molar-refractivity contribution in [2.45, 2.75) is 25.7 Å². The molecule has 1 saturated carbocycles. The number of rotatable bonds is 4. The highest BCUT2D eigenvalue weighted by atomic mass is 16.4. The van der Waals surface area contributed by atoms with Gasteiger partial charge in [0.2, 0.25) is 0 Å². The van der Waals surface area contributed by atoms with Gasteiger partial charge in [0.25, 0.3) is 5.56 Å². The molecule has 6 heteroatoms. The summed E-state index contributed by atoms with van der Waals surface area (Å²) in [6.45, 7) is 1.86. The van der Waals surface area contributed by atoms with E-state index in [1.807, 2.05) is 6.92 Å². The van der Waals surface area contributed by atoms with Crippen LogP contribution in [-0.2, 0) is 0 Å². The number of aromatic nitrogens is 1. The quantitative estimate of drug-likeness (QED) is 0.751. The molecule has 1 aliphatic carbocycles. The van der Waals surface area contributed by atoms with Crippen LogP contribution in [0.5, 0.6) is 0 Å². The van der Waals surface area contributed by atoms with Gasteiger partial charge in [-0.2, -0.15) is 0 Å². The Kier molecular flexibility index (Phi) is 3.52. The maximum Gasteiger partial charge on any atom is 0.341 e. The van der Waals surface area contributed by atoms with E-state index in [2.05, 4.69) is 0 Å². The van der Waals surface area contributed by atoms with Crippen molar-refractivity contribution in [1.29, 1.82) is 5.41 Å². The first-order valence-corrected chi connectivity index (χ1v) is 7.34. The minimum atomic E-state index is -1.21. The maximum atomic E-state index is 12.4. The fraction of sp³-hybridized carbons (Fsp3) is 0.235. The molecule has 118 valence electrons. The topological polar surface area (TPSA) is 109 Å². The van der Waals surface area contributed by atoms with Gasteiger partial charge >= 0.3 is 5.97 Å². The van der Waals surface area contributed by atoms with Gasteiger partial charge in [0.1, 0.15) is 5.56 Å². The molecule has 0 aromatic carbocycles. The first-order chi connectivity index (χ1) is 11.0. The molecule has 6 nitrogen and oxygen atoms in total. The van der Waals surface area contributed by atoms with E-state index in [1.54, 1.807) is 12.3 Å². The van der Waals surface area contributed by atoms with Gasteiger partial charge in [-0.3, -0.25) is 9.20 Å². The molecule has 0 atom stereocenters. The van der Waals surface area contributed by atoms with Crippen LogP contribution in [0.25, 0.3) is 11.1 Å². The molecule has 1 aliphatic rings. The molecule has 4 N–H and O–H groups in total. The highest BCUT2D eigenvalue weighted by Crippen LogP contribution is 2.43. The zero-order chi connectivity index (χ0) is 16.7. The van der Waals surface area contributed by atoms with Gasteiger partial charge in [0, 0.05) is 24.2 Å². The highest BCUT2D eigenvalue weighted by molar-refractivity contribution is 6.09. The Labute approximate surface area is 132 Å². The Bertz CT molecular complexity index is 921. The van der Waals surface area contributed by atoms with Gasteiger partial charge < -0.3 is 16.2 Å². The van der Waals surface area contributed by atoms with Crippen molar-refractivity contribution in [3.63, 3.8) is 0 Å². The van der Waals surface area contributed by atoms with E-state index >= 15 is 0 Å². The number of hydrogen-bond acceptors (Lipinski definition) is 4. The summed E-state index contributed by atoms with van der Waals surface area (Å²) in [4.78, 5) is 23.8. The first kappa shape index (κ1) is 15.0. The molecule has 2 aromatic heterocycles. The number of allylic oxidation sites excluding steroid dienone is 1. The predicted octanol–water partition coefficient (Wildman–Crippen LogP) is 2.13. The normalized spacial score (nSPS) is 14.9. The lowest BCUT2D eigenvalue weighted by atomic mass is 9.97. The first-order valence-electron chi connectivity index (χ1n) is 7.34. The van der Waals surface area contributed by atoms with Crippen LogP contribution in [0.15, 0.2) is 29.3 Å². The zero-order valence-electron chi connectivity index (χ0n) is 12.7. The lowest BCUT2D eigenvalue weighted by Crippen LogP contribution is -2.23. The molecule has 0 aliphatic heterocycles. The molecular formula is C17H17N3O3. The standard InChI is InChI=1S/C17H17N3O3/c1-9-12(11(7-18)8-19)4-5-20-15(9)13(10-2-3-10)6-14(16(20)21)17(22)23/h4-8,10,18H,2-3,19H2,1H3,(H,22,23)/b11-8+,18-7?. The Morgan fingerprint density at radius 2 is 2.13 bits per heavy atom. The summed E-state index contributed by atoms with van der Waals surface area (Å²) in [5, 5.41) is 16.7. The summed E-state index contributed by atoms with van der Waals surface area (Å²) in [6, 6.07) is 3.19. The second kappa shape index (κ2) is 5.39. The molecule has 23 heavy (non-hydrogen) atoms. The van der Waals surface area contributed by atoms with E-state index in [4.69, 9.17) is 11.1 Å². The van der Waals surface area contributed by atoms with Crippen molar-refractivity contribution in [2.75, 3.05) is 0 Å². The summed E-state index contributed by atoms with van der Waals surface area (Å²) in [6.07, 6.45) is 6.05. The predicted molar refractivity (Wildman–Crippen MR) is 88.3 cm³/mol. The zero-order valence-corrected chi connectivity index (χ0v) is 12.7. The fourth-order valence-electron chi connectivity index (χ4n) is 2.98. The van der Waals surface area contributed by atoms with Gasteiger partial charge in [-0.05, 0) is 54.5 Å². The summed E-state index contributed by atoms with van der Waals surface area (Å²) < 4.78 is 1.40. The van der Waals surface area contributed by atoms with E-state index in [-0.39, 0.29) is 11.5 Å². The summed E-state index contributed by atoms with van der Waals surface area (Å²) in [5.41, 5.74) is 8.57. The van der Waals surface area contributed by atoms with E-state index in [9.17, 15) is 14.7 Å². The molecule has 1 fully saturated rings. The number of nitrogens with zero attached hydrogens (tertiary/aromatic N) is 1. The van der Waals surface area contributed by atoms with E-state index in [0.717, 1.165) is 35.0 Å². The third-order valence-corrected chi connectivity index (χ3v) is 4.31. The smallest absolute Gasteiger partial charge is 0.341 e. The minimum Gasteiger partial charge on any atom is -0.477 e. The van der Waals surface area contributed by atoms with Gasteiger partial charge in [-0.25, -0.2) is 4.79 Å². The number of pyridine rings is 2. The second-order valence-corrected chi connectivity index (χ2v) is 5.74. The van der Waals surface area contributed by atoms with E-state index < -0.39 is 11.5 Å². The molecule has 0 saturated heterocycles. The summed E-state index contributed by atoms with van der Waals surface area (Å²) in [5.74, 6) is -0.932. The third kappa shape index (κ3) is 2.32. The molecule has 0 bridgehead atoms. The highest BCUT2D eigenvalue weighted by Gasteiger charge is 2.29. The SMILES string of the molecule is Cc1c(/C(C=N)=C/N)ccn2c(=O)c(C(=O)O)cc(C3CC3)c12. The Morgan fingerprint density at radius 1 is 1.43 bits per heavy atom. The Hall–Kier alpha value is -2.89. The fourth-order valence-corrected chi connectivity index (χ4v) is 2.98. The third-order valence-electron chi connectivity index (χ3n) is 4.31. The van der Waals surface area contributed by atoms with Crippen molar-refractivity contribution in [2.24, 2.45) is 5.73 Å². The average molecular weight is 311 g/mol.